The summed E-state index contributed by atoms with van der Waals surface area (Å²) >= 11 is 1.80. The van der Waals surface area contributed by atoms with Gasteiger partial charge < -0.3 is 5.32 Å². The Kier molecular flexibility index (Phi) is 10.4. The zero-order valence-corrected chi connectivity index (χ0v) is 13.9. The Balaban J connectivity index is 4.31. The molecule has 0 saturated carbocycles. The second-order valence-electron chi connectivity index (χ2n) is 4.70. The number of rotatable bonds is 8. The second-order valence-corrected chi connectivity index (χ2v) is 5.76. The van der Waals surface area contributed by atoms with Crippen LogP contribution in [0.1, 0.15) is 47.0 Å². The van der Waals surface area contributed by atoms with Gasteiger partial charge in [0.25, 0.3) is 0 Å². The van der Waals surface area contributed by atoms with E-state index >= 15 is 0 Å². The van der Waals surface area contributed by atoms with E-state index in [1.54, 1.807) is 11.8 Å². The van der Waals surface area contributed by atoms with Crippen LogP contribution in [0.2, 0.25) is 0 Å². The summed E-state index contributed by atoms with van der Waals surface area (Å²) in [4.78, 5) is 5.86. The SMILES string of the molecule is C=C(C)C(=NCCC)N/C=C(\C)CCC=C(C)SC. The number of aliphatic imine (C=N–C) groups is 1. The Morgan fingerprint density at radius 1 is 1.32 bits per heavy atom. The molecule has 0 aliphatic carbocycles. The molecule has 0 radical (unpaired) electrons. The number of nitrogens with one attached hydrogen (secondary N) is 1. The fraction of sp³-hybridized carbons (Fsp3) is 0.562. The molecule has 0 spiro atoms. The molecule has 0 aliphatic heterocycles. The van der Waals surface area contributed by atoms with Crippen molar-refractivity contribution in [2.24, 2.45) is 4.99 Å². The number of thioether (sulfide) groups is 1. The number of amidine groups is 1. The molecular formula is C16H28N2S. The van der Waals surface area contributed by atoms with Gasteiger partial charge in [0.15, 0.2) is 0 Å². The molecule has 0 unspecified atom stereocenters. The van der Waals surface area contributed by atoms with E-state index in [-0.39, 0.29) is 0 Å². The van der Waals surface area contributed by atoms with E-state index < -0.39 is 0 Å². The molecule has 2 nitrogen and oxygen atoms in total. The van der Waals surface area contributed by atoms with Gasteiger partial charge in [-0.25, -0.2) is 0 Å². The molecule has 3 heteroatoms. The summed E-state index contributed by atoms with van der Waals surface area (Å²) < 4.78 is 0. The minimum atomic E-state index is 0.845. The lowest BCUT2D eigenvalue weighted by Gasteiger charge is -2.07. The second kappa shape index (κ2) is 10.9. The summed E-state index contributed by atoms with van der Waals surface area (Å²) in [5.41, 5.74) is 2.31. The van der Waals surface area contributed by atoms with Crippen molar-refractivity contribution in [1.29, 1.82) is 0 Å². The van der Waals surface area contributed by atoms with E-state index in [2.05, 4.69) is 50.0 Å². The van der Waals surface area contributed by atoms with E-state index in [9.17, 15) is 0 Å². The highest BCUT2D eigenvalue weighted by Gasteiger charge is 1.97. The molecule has 0 amide bonds. The van der Waals surface area contributed by atoms with Crippen molar-refractivity contribution < 1.29 is 0 Å². The summed E-state index contributed by atoms with van der Waals surface area (Å²) in [6.07, 6.45) is 9.66. The molecule has 1 N–H and O–H groups in total. The van der Waals surface area contributed by atoms with E-state index in [1.807, 2.05) is 13.1 Å². The van der Waals surface area contributed by atoms with Crippen LogP contribution >= 0.6 is 11.8 Å². The zero-order valence-electron chi connectivity index (χ0n) is 13.0. The highest BCUT2D eigenvalue weighted by atomic mass is 32.2. The highest BCUT2D eigenvalue weighted by molar-refractivity contribution is 8.02. The lowest BCUT2D eigenvalue weighted by Crippen LogP contribution is -2.19. The lowest BCUT2D eigenvalue weighted by molar-refractivity contribution is 0.918. The van der Waals surface area contributed by atoms with Crippen molar-refractivity contribution in [2.45, 2.75) is 47.0 Å². The summed E-state index contributed by atoms with van der Waals surface area (Å²) in [5, 5.41) is 3.27. The van der Waals surface area contributed by atoms with Crippen molar-refractivity contribution in [2.75, 3.05) is 12.8 Å². The number of nitrogens with zero attached hydrogens (tertiary/aromatic N) is 1. The van der Waals surface area contributed by atoms with E-state index in [0.717, 1.165) is 37.2 Å². The average Bonchev–Trinajstić information content (AvgIpc) is 2.38. The van der Waals surface area contributed by atoms with Gasteiger partial charge in [-0.2, -0.15) is 0 Å². The summed E-state index contributed by atoms with van der Waals surface area (Å²) in [5.74, 6) is 0.900. The van der Waals surface area contributed by atoms with Crippen molar-refractivity contribution in [3.05, 3.63) is 34.9 Å². The van der Waals surface area contributed by atoms with Gasteiger partial charge in [-0.1, -0.05) is 25.2 Å². The first-order chi connectivity index (χ1) is 9.01. The molecule has 0 atom stereocenters. The van der Waals surface area contributed by atoms with Crippen LogP contribution in [0.25, 0.3) is 0 Å². The van der Waals surface area contributed by atoms with Crippen LogP contribution in [0, 0.1) is 0 Å². The van der Waals surface area contributed by atoms with Crippen LogP contribution in [-0.2, 0) is 0 Å². The molecule has 0 heterocycles. The van der Waals surface area contributed by atoms with Gasteiger partial charge in [0.2, 0.25) is 0 Å². The van der Waals surface area contributed by atoms with Crippen LogP contribution in [0.15, 0.2) is 39.9 Å². The molecule has 0 saturated heterocycles. The normalized spacial score (nSPS) is 13.6. The number of hydrogen-bond acceptors (Lipinski definition) is 2. The van der Waals surface area contributed by atoms with E-state index in [0.29, 0.717) is 0 Å². The van der Waals surface area contributed by atoms with Gasteiger partial charge in [0.05, 0.1) is 0 Å². The number of hydrogen-bond donors (Lipinski definition) is 1. The smallest absolute Gasteiger partial charge is 0.127 e. The third kappa shape index (κ3) is 9.60. The lowest BCUT2D eigenvalue weighted by atomic mass is 10.1. The van der Waals surface area contributed by atoms with Crippen LogP contribution in [0.4, 0.5) is 0 Å². The Bertz CT molecular complexity index is 365. The number of allylic oxidation sites excluding steroid dienone is 3. The summed E-state index contributed by atoms with van der Waals surface area (Å²) in [6.45, 7) is 13.2. The topological polar surface area (TPSA) is 24.4 Å². The molecule has 0 aromatic rings. The Hall–Kier alpha value is -0.960. The quantitative estimate of drug-likeness (QED) is 0.504. The van der Waals surface area contributed by atoms with Crippen LogP contribution in [0.3, 0.4) is 0 Å². The molecule has 0 aromatic carbocycles. The van der Waals surface area contributed by atoms with E-state index in [1.165, 1.54) is 10.5 Å². The third-order valence-electron chi connectivity index (χ3n) is 2.65. The Morgan fingerprint density at radius 2 is 2.00 bits per heavy atom. The van der Waals surface area contributed by atoms with Gasteiger partial charge in [-0.15, -0.1) is 11.8 Å². The molecule has 0 rings (SSSR count). The molecule has 0 bridgehead atoms. The van der Waals surface area contributed by atoms with Crippen molar-refractivity contribution in [3.63, 3.8) is 0 Å². The van der Waals surface area contributed by atoms with Crippen LogP contribution < -0.4 is 5.32 Å². The maximum Gasteiger partial charge on any atom is 0.127 e. The van der Waals surface area contributed by atoms with Crippen molar-refractivity contribution >= 4 is 17.6 Å². The first-order valence-corrected chi connectivity index (χ1v) is 8.07. The van der Waals surface area contributed by atoms with Crippen molar-refractivity contribution in [3.8, 4) is 0 Å². The highest BCUT2D eigenvalue weighted by Crippen LogP contribution is 2.13. The fourth-order valence-corrected chi connectivity index (χ4v) is 1.66. The largest absolute Gasteiger partial charge is 0.347 e. The van der Waals surface area contributed by atoms with Gasteiger partial charge in [-0.3, -0.25) is 4.99 Å². The Labute approximate surface area is 123 Å². The first kappa shape index (κ1) is 18.0. The summed E-state index contributed by atoms with van der Waals surface area (Å²) in [6, 6.07) is 0. The molecule has 19 heavy (non-hydrogen) atoms. The Morgan fingerprint density at radius 3 is 2.53 bits per heavy atom. The molecule has 108 valence electrons. The minimum Gasteiger partial charge on any atom is -0.347 e. The minimum absolute atomic E-state index is 0.845. The molecular weight excluding hydrogens is 252 g/mol. The zero-order chi connectivity index (χ0) is 14.7. The molecule has 0 aliphatic rings. The predicted molar refractivity (Wildman–Crippen MR) is 90.8 cm³/mol. The first-order valence-electron chi connectivity index (χ1n) is 6.84. The maximum atomic E-state index is 4.48. The third-order valence-corrected chi connectivity index (χ3v) is 3.46. The van der Waals surface area contributed by atoms with Gasteiger partial charge in [0, 0.05) is 12.7 Å². The summed E-state index contributed by atoms with van der Waals surface area (Å²) in [7, 11) is 0. The van der Waals surface area contributed by atoms with Crippen LogP contribution in [-0.4, -0.2) is 18.6 Å². The molecule has 0 aromatic heterocycles. The van der Waals surface area contributed by atoms with E-state index in [4.69, 9.17) is 0 Å². The predicted octanol–water partition coefficient (Wildman–Crippen LogP) is 4.91. The monoisotopic (exact) mass is 280 g/mol. The molecule has 0 fully saturated rings. The standard InChI is InChI=1S/C16H28N2S/c1-7-11-17-16(13(2)3)18-12-14(4)9-8-10-15(5)19-6/h10,12H,2,7-9,11H2,1,3-6H3,(H,17,18)/b14-12+,15-10?. The van der Waals surface area contributed by atoms with Crippen molar-refractivity contribution in [1.82, 2.24) is 5.32 Å². The average molecular weight is 280 g/mol. The van der Waals surface area contributed by atoms with Gasteiger partial charge in [-0.05, 0) is 56.8 Å². The van der Waals surface area contributed by atoms with Gasteiger partial charge in [0.1, 0.15) is 5.84 Å². The van der Waals surface area contributed by atoms with Gasteiger partial charge >= 0.3 is 0 Å². The maximum absolute atomic E-state index is 4.48. The fourth-order valence-electron chi connectivity index (χ4n) is 1.38. The van der Waals surface area contributed by atoms with Crippen LogP contribution in [0.5, 0.6) is 0 Å².